The predicted molar refractivity (Wildman–Crippen MR) is 57.7 cm³/mol. The maximum atomic E-state index is 10.6. The van der Waals surface area contributed by atoms with Crippen LogP contribution < -0.4 is 0 Å². The fourth-order valence-electron chi connectivity index (χ4n) is 1.42. The zero-order valence-electron chi connectivity index (χ0n) is 8.62. The molecule has 0 aromatic carbocycles. The van der Waals surface area contributed by atoms with Crippen molar-refractivity contribution in [3.05, 3.63) is 0 Å². The van der Waals surface area contributed by atoms with Gasteiger partial charge < -0.3 is 9.84 Å². The molecule has 0 amide bonds. The van der Waals surface area contributed by atoms with Gasteiger partial charge in [-0.2, -0.15) is 11.8 Å². The Bertz CT molecular complexity index is 190. The van der Waals surface area contributed by atoms with Crippen LogP contribution in [0.4, 0.5) is 0 Å². The van der Waals surface area contributed by atoms with Gasteiger partial charge in [-0.25, -0.2) is 0 Å². The van der Waals surface area contributed by atoms with Gasteiger partial charge in [-0.3, -0.25) is 4.79 Å². The van der Waals surface area contributed by atoms with Crippen LogP contribution in [0.15, 0.2) is 0 Å². The van der Waals surface area contributed by atoms with E-state index in [-0.39, 0.29) is 5.41 Å². The molecule has 0 aromatic rings. The van der Waals surface area contributed by atoms with Gasteiger partial charge in [0.15, 0.2) is 0 Å². The second-order valence-corrected chi connectivity index (χ2v) is 4.93. The summed E-state index contributed by atoms with van der Waals surface area (Å²) in [6.07, 6.45) is 2.51. The summed E-state index contributed by atoms with van der Waals surface area (Å²) in [4.78, 5) is 10.6. The smallest absolute Gasteiger partial charge is 0.303 e. The standard InChI is InChI=1S/C10H18O3S/c1-2-13-5-6-14-8-10(3-4-10)7-9(11)12/h2-8H2,1H3,(H,11,12). The maximum Gasteiger partial charge on any atom is 0.303 e. The third-order valence-electron chi connectivity index (χ3n) is 2.47. The van der Waals surface area contributed by atoms with Gasteiger partial charge in [-0.15, -0.1) is 0 Å². The van der Waals surface area contributed by atoms with Crippen molar-refractivity contribution in [1.82, 2.24) is 0 Å². The van der Waals surface area contributed by atoms with Crippen molar-refractivity contribution in [1.29, 1.82) is 0 Å². The lowest BCUT2D eigenvalue weighted by Gasteiger charge is -2.11. The van der Waals surface area contributed by atoms with Crippen LogP contribution in [-0.4, -0.2) is 35.8 Å². The molecule has 1 rings (SSSR count). The second-order valence-electron chi connectivity index (χ2n) is 3.82. The highest BCUT2D eigenvalue weighted by Gasteiger charge is 2.43. The van der Waals surface area contributed by atoms with Crippen LogP contribution in [0.2, 0.25) is 0 Å². The first kappa shape index (κ1) is 11.9. The van der Waals surface area contributed by atoms with Gasteiger partial charge in [-0.05, 0) is 30.9 Å². The Labute approximate surface area is 89.2 Å². The fourth-order valence-corrected chi connectivity index (χ4v) is 2.62. The lowest BCUT2D eigenvalue weighted by molar-refractivity contribution is -0.138. The van der Waals surface area contributed by atoms with E-state index in [1.165, 1.54) is 0 Å². The number of thioether (sulfide) groups is 1. The quantitative estimate of drug-likeness (QED) is 0.633. The Morgan fingerprint density at radius 1 is 1.57 bits per heavy atom. The van der Waals surface area contributed by atoms with E-state index < -0.39 is 5.97 Å². The molecule has 0 heterocycles. The monoisotopic (exact) mass is 218 g/mol. The van der Waals surface area contributed by atoms with E-state index in [1.807, 2.05) is 18.7 Å². The highest BCUT2D eigenvalue weighted by Crippen LogP contribution is 2.50. The molecule has 14 heavy (non-hydrogen) atoms. The summed E-state index contributed by atoms with van der Waals surface area (Å²) in [7, 11) is 0. The SMILES string of the molecule is CCOCCSCC1(CC(=O)O)CC1. The largest absolute Gasteiger partial charge is 0.481 e. The van der Waals surface area contributed by atoms with Crippen molar-refractivity contribution >= 4 is 17.7 Å². The van der Waals surface area contributed by atoms with Gasteiger partial charge in [0.05, 0.1) is 13.0 Å². The summed E-state index contributed by atoms with van der Waals surface area (Å²) in [6.45, 7) is 3.53. The van der Waals surface area contributed by atoms with Gasteiger partial charge in [0, 0.05) is 12.4 Å². The van der Waals surface area contributed by atoms with Crippen molar-refractivity contribution in [2.24, 2.45) is 5.41 Å². The van der Waals surface area contributed by atoms with Crippen LogP contribution in [0.5, 0.6) is 0 Å². The van der Waals surface area contributed by atoms with Gasteiger partial charge >= 0.3 is 5.97 Å². The minimum absolute atomic E-state index is 0.128. The lowest BCUT2D eigenvalue weighted by Crippen LogP contribution is -2.12. The number of carboxylic acid groups (broad SMARTS) is 1. The number of hydrogen-bond acceptors (Lipinski definition) is 3. The average molecular weight is 218 g/mol. The van der Waals surface area contributed by atoms with Crippen LogP contribution in [0.1, 0.15) is 26.2 Å². The van der Waals surface area contributed by atoms with Crippen molar-refractivity contribution in [3.63, 3.8) is 0 Å². The third kappa shape index (κ3) is 4.33. The molecule has 1 fully saturated rings. The predicted octanol–water partition coefficient (Wildman–Crippen LogP) is 2.01. The van der Waals surface area contributed by atoms with Crippen LogP contribution >= 0.6 is 11.8 Å². The number of rotatable bonds is 8. The molecule has 1 aliphatic carbocycles. The molecule has 0 spiro atoms. The Kier molecular flexibility index (Phi) is 4.75. The topological polar surface area (TPSA) is 46.5 Å². The van der Waals surface area contributed by atoms with Crippen molar-refractivity contribution in [3.8, 4) is 0 Å². The fraction of sp³-hybridized carbons (Fsp3) is 0.900. The molecule has 0 aliphatic heterocycles. The summed E-state index contributed by atoms with van der Waals surface area (Å²) in [5.74, 6) is 1.30. The van der Waals surface area contributed by atoms with E-state index in [4.69, 9.17) is 9.84 Å². The Hall–Kier alpha value is -0.220. The zero-order chi connectivity index (χ0) is 10.4. The molecule has 0 saturated heterocycles. The minimum atomic E-state index is -0.659. The van der Waals surface area contributed by atoms with Crippen molar-refractivity contribution < 1.29 is 14.6 Å². The number of ether oxygens (including phenoxy) is 1. The van der Waals surface area contributed by atoms with Crippen LogP contribution in [0, 0.1) is 5.41 Å². The van der Waals surface area contributed by atoms with E-state index in [2.05, 4.69) is 0 Å². The molecule has 3 nitrogen and oxygen atoms in total. The summed E-state index contributed by atoms with van der Waals surface area (Å²) < 4.78 is 5.21. The first-order valence-corrected chi connectivity index (χ1v) is 6.21. The molecule has 0 radical (unpaired) electrons. The van der Waals surface area contributed by atoms with Crippen molar-refractivity contribution in [2.45, 2.75) is 26.2 Å². The van der Waals surface area contributed by atoms with Gasteiger partial charge in [0.25, 0.3) is 0 Å². The third-order valence-corrected chi connectivity index (χ3v) is 3.74. The average Bonchev–Trinajstić information content (AvgIpc) is 2.84. The molecular formula is C10H18O3S. The normalized spacial score (nSPS) is 18.1. The Morgan fingerprint density at radius 2 is 2.29 bits per heavy atom. The molecule has 1 aliphatic rings. The minimum Gasteiger partial charge on any atom is -0.481 e. The molecule has 0 bridgehead atoms. The maximum absolute atomic E-state index is 10.6. The van der Waals surface area contributed by atoms with Gasteiger partial charge in [0.2, 0.25) is 0 Å². The molecule has 0 aromatic heterocycles. The Balaban J connectivity index is 2.03. The molecule has 0 unspecified atom stereocenters. The number of carbonyl (C=O) groups is 1. The number of carboxylic acids is 1. The second kappa shape index (κ2) is 5.61. The van der Waals surface area contributed by atoms with E-state index in [9.17, 15) is 4.79 Å². The van der Waals surface area contributed by atoms with Gasteiger partial charge in [0.1, 0.15) is 0 Å². The summed E-state index contributed by atoms with van der Waals surface area (Å²) in [5.41, 5.74) is 0.128. The van der Waals surface area contributed by atoms with E-state index in [1.54, 1.807) is 0 Å². The van der Waals surface area contributed by atoms with Crippen LogP contribution in [0.25, 0.3) is 0 Å². The molecule has 1 saturated carbocycles. The van der Waals surface area contributed by atoms with E-state index in [0.29, 0.717) is 6.42 Å². The van der Waals surface area contributed by atoms with Gasteiger partial charge in [-0.1, -0.05) is 0 Å². The highest BCUT2D eigenvalue weighted by molar-refractivity contribution is 7.99. The van der Waals surface area contributed by atoms with Crippen molar-refractivity contribution in [2.75, 3.05) is 24.7 Å². The number of aliphatic carboxylic acids is 1. The Morgan fingerprint density at radius 3 is 2.79 bits per heavy atom. The summed E-state index contributed by atoms with van der Waals surface area (Å²) >= 11 is 1.82. The van der Waals surface area contributed by atoms with E-state index >= 15 is 0 Å². The molecule has 82 valence electrons. The van der Waals surface area contributed by atoms with E-state index in [0.717, 1.165) is 37.6 Å². The molecular weight excluding hydrogens is 200 g/mol. The molecule has 4 heteroatoms. The highest BCUT2D eigenvalue weighted by atomic mass is 32.2. The van der Waals surface area contributed by atoms with Crippen LogP contribution in [-0.2, 0) is 9.53 Å². The summed E-state index contributed by atoms with van der Waals surface area (Å²) in [6, 6.07) is 0. The molecule has 0 atom stereocenters. The first-order chi connectivity index (χ1) is 6.68. The van der Waals surface area contributed by atoms with Crippen LogP contribution in [0.3, 0.4) is 0 Å². The zero-order valence-corrected chi connectivity index (χ0v) is 9.44. The first-order valence-electron chi connectivity index (χ1n) is 5.06. The summed E-state index contributed by atoms with van der Waals surface area (Å²) in [5, 5.41) is 8.70. The lowest BCUT2D eigenvalue weighted by atomic mass is 10.1. The molecule has 1 N–H and O–H groups in total. The number of hydrogen-bond donors (Lipinski definition) is 1.